The molecule has 0 N–H and O–H groups in total. The summed E-state index contributed by atoms with van der Waals surface area (Å²) in [7, 11) is -3.33. The van der Waals surface area contributed by atoms with Crippen molar-refractivity contribution in [1.29, 1.82) is 0 Å². The molecule has 0 aromatic heterocycles. The van der Waals surface area contributed by atoms with Gasteiger partial charge in [-0.15, -0.1) is 0 Å². The third kappa shape index (κ3) is 3.15. The first kappa shape index (κ1) is 16.9. The number of sulfone groups is 1. The van der Waals surface area contributed by atoms with E-state index >= 15 is 0 Å². The number of amides is 1. The van der Waals surface area contributed by atoms with Crippen LogP contribution in [0.25, 0.3) is 0 Å². The van der Waals surface area contributed by atoms with Gasteiger partial charge in [0.05, 0.1) is 11.8 Å². The smallest absolute Gasteiger partial charge is 0.258 e. The van der Waals surface area contributed by atoms with E-state index in [1.54, 1.807) is 42.5 Å². The van der Waals surface area contributed by atoms with E-state index in [1.807, 2.05) is 0 Å². The fourth-order valence-electron chi connectivity index (χ4n) is 2.95. The van der Waals surface area contributed by atoms with Gasteiger partial charge in [-0.05, 0) is 48.5 Å². The van der Waals surface area contributed by atoms with E-state index in [0.29, 0.717) is 27.8 Å². The number of rotatable bonds is 3. The number of hydrogen-bond acceptors (Lipinski definition) is 5. The molecule has 2 aromatic rings. The van der Waals surface area contributed by atoms with E-state index in [9.17, 15) is 13.2 Å². The number of nitrogens with zero attached hydrogens (tertiary/aromatic N) is 1. The highest BCUT2D eigenvalue weighted by molar-refractivity contribution is 7.94. The predicted molar refractivity (Wildman–Crippen MR) is 97.5 cm³/mol. The first-order valence-electron chi connectivity index (χ1n) is 7.83. The molecule has 2 heterocycles. The van der Waals surface area contributed by atoms with E-state index in [-0.39, 0.29) is 18.5 Å². The van der Waals surface area contributed by atoms with E-state index < -0.39 is 15.9 Å². The van der Waals surface area contributed by atoms with Crippen LogP contribution in [0.2, 0.25) is 5.02 Å². The normalized spacial score (nSPS) is 19.5. The van der Waals surface area contributed by atoms with Gasteiger partial charge in [0.1, 0.15) is 0 Å². The van der Waals surface area contributed by atoms with E-state index in [1.165, 1.54) is 11.0 Å². The summed E-state index contributed by atoms with van der Waals surface area (Å²) in [4.78, 5) is 14.6. The van der Waals surface area contributed by atoms with Crippen LogP contribution in [0.3, 0.4) is 0 Å². The number of hydrogen-bond donors (Lipinski definition) is 0. The van der Waals surface area contributed by atoms with Crippen LogP contribution in [-0.4, -0.2) is 32.9 Å². The molecule has 1 amide bonds. The molecule has 0 aliphatic carbocycles. The van der Waals surface area contributed by atoms with Gasteiger partial charge in [0.2, 0.25) is 6.79 Å². The van der Waals surface area contributed by atoms with Crippen LogP contribution in [0.5, 0.6) is 11.5 Å². The highest BCUT2D eigenvalue weighted by Gasteiger charge is 2.32. The van der Waals surface area contributed by atoms with Gasteiger partial charge in [0, 0.05) is 21.7 Å². The summed E-state index contributed by atoms with van der Waals surface area (Å²) in [5.74, 6) is 0.563. The molecule has 0 unspecified atom stereocenters. The molecule has 0 bridgehead atoms. The summed E-state index contributed by atoms with van der Waals surface area (Å²) >= 11 is 5.94. The highest BCUT2D eigenvalue weighted by Crippen LogP contribution is 2.34. The van der Waals surface area contributed by atoms with E-state index in [4.69, 9.17) is 21.1 Å². The maximum Gasteiger partial charge on any atom is 0.258 e. The van der Waals surface area contributed by atoms with Gasteiger partial charge in [0.25, 0.3) is 5.91 Å². The molecular formula is C18H14ClNO5S. The number of ether oxygens (including phenoxy) is 2. The van der Waals surface area contributed by atoms with Crippen molar-refractivity contribution in [2.24, 2.45) is 0 Å². The van der Waals surface area contributed by atoms with Crippen molar-refractivity contribution < 1.29 is 22.7 Å². The Bertz CT molecular complexity index is 1000. The quantitative estimate of drug-likeness (QED) is 0.804. The molecule has 6 nitrogen and oxygen atoms in total. The lowest BCUT2D eigenvalue weighted by Crippen LogP contribution is -2.41. The van der Waals surface area contributed by atoms with E-state index in [0.717, 1.165) is 5.41 Å². The monoisotopic (exact) mass is 391 g/mol. The molecule has 8 heteroatoms. The Morgan fingerprint density at radius 3 is 2.50 bits per heavy atom. The zero-order valence-corrected chi connectivity index (χ0v) is 15.0. The van der Waals surface area contributed by atoms with Crippen LogP contribution in [0.15, 0.2) is 53.9 Å². The number of carbonyl (C=O) groups excluding carboxylic acids is 1. The zero-order valence-electron chi connectivity index (χ0n) is 13.5. The van der Waals surface area contributed by atoms with Gasteiger partial charge >= 0.3 is 0 Å². The Kier molecular flexibility index (Phi) is 4.13. The fourth-order valence-corrected chi connectivity index (χ4v) is 4.34. The highest BCUT2D eigenvalue weighted by atomic mass is 35.5. The van der Waals surface area contributed by atoms with E-state index in [2.05, 4.69) is 0 Å². The number of benzene rings is 2. The average Bonchev–Trinajstić information content (AvgIpc) is 3.22. The first-order chi connectivity index (χ1) is 12.4. The van der Waals surface area contributed by atoms with Crippen molar-refractivity contribution in [2.45, 2.75) is 6.04 Å². The molecule has 0 saturated heterocycles. The molecule has 0 spiro atoms. The molecular weight excluding hydrogens is 378 g/mol. The van der Waals surface area contributed by atoms with Crippen molar-refractivity contribution in [2.75, 3.05) is 17.4 Å². The van der Waals surface area contributed by atoms with Gasteiger partial charge in [-0.2, -0.15) is 0 Å². The van der Waals surface area contributed by atoms with Crippen LogP contribution in [0.4, 0.5) is 5.69 Å². The molecule has 2 aromatic carbocycles. The second kappa shape index (κ2) is 6.34. The van der Waals surface area contributed by atoms with Crippen LogP contribution in [0.1, 0.15) is 10.4 Å². The molecule has 26 heavy (non-hydrogen) atoms. The summed E-state index contributed by atoms with van der Waals surface area (Å²) in [6.07, 6.45) is 1.52. The molecule has 0 saturated carbocycles. The summed E-state index contributed by atoms with van der Waals surface area (Å²) in [6, 6.07) is 11.0. The van der Waals surface area contributed by atoms with Gasteiger partial charge in [-0.25, -0.2) is 8.42 Å². The van der Waals surface area contributed by atoms with Crippen molar-refractivity contribution >= 4 is 33.0 Å². The topological polar surface area (TPSA) is 72.9 Å². The van der Waals surface area contributed by atoms with Crippen molar-refractivity contribution in [3.8, 4) is 11.5 Å². The molecule has 0 radical (unpaired) electrons. The molecule has 0 fully saturated rings. The average molecular weight is 392 g/mol. The minimum atomic E-state index is -3.33. The second-order valence-corrected chi connectivity index (χ2v) is 8.31. The molecule has 134 valence electrons. The SMILES string of the molecule is O=C(c1ccc2c(c1)OCO2)N(c1ccc(Cl)cc1)[C@@H]1C=CS(=O)(=O)C1. The third-order valence-corrected chi connectivity index (χ3v) is 5.82. The lowest BCUT2D eigenvalue weighted by Gasteiger charge is -2.28. The Hall–Kier alpha value is -2.51. The lowest BCUT2D eigenvalue weighted by atomic mass is 10.1. The lowest BCUT2D eigenvalue weighted by molar-refractivity contribution is 0.0982. The van der Waals surface area contributed by atoms with Crippen LogP contribution < -0.4 is 14.4 Å². The Labute approximate surface area is 155 Å². The van der Waals surface area contributed by atoms with Crippen LogP contribution in [0, 0.1) is 0 Å². The standard InChI is InChI=1S/C18H14ClNO5S/c19-13-2-4-14(5-3-13)20(15-7-8-26(22,23)10-15)18(21)12-1-6-16-17(9-12)25-11-24-16/h1-9,15H,10-11H2/t15-/m1/s1. The number of anilines is 1. The number of halogens is 1. The molecule has 2 aliphatic heterocycles. The predicted octanol–water partition coefficient (Wildman–Crippen LogP) is 3.03. The summed E-state index contributed by atoms with van der Waals surface area (Å²) in [5, 5.41) is 1.67. The Morgan fingerprint density at radius 2 is 1.81 bits per heavy atom. The minimum absolute atomic E-state index is 0.109. The van der Waals surface area contributed by atoms with Crippen LogP contribution >= 0.6 is 11.6 Å². The van der Waals surface area contributed by atoms with Crippen molar-refractivity contribution in [3.63, 3.8) is 0 Å². The summed E-state index contributed by atoms with van der Waals surface area (Å²) in [5.41, 5.74) is 0.936. The second-order valence-electron chi connectivity index (χ2n) is 5.95. The van der Waals surface area contributed by atoms with Gasteiger partial charge in [-0.1, -0.05) is 11.6 Å². The Balaban J connectivity index is 1.74. The fraction of sp³-hybridized carbons (Fsp3) is 0.167. The van der Waals surface area contributed by atoms with Crippen LogP contribution in [-0.2, 0) is 9.84 Å². The van der Waals surface area contributed by atoms with Gasteiger partial charge < -0.3 is 14.4 Å². The largest absolute Gasteiger partial charge is 0.454 e. The zero-order chi connectivity index (χ0) is 18.3. The minimum Gasteiger partial charge on any atom is -0.454 e. The maximum atomic E-state index is 13.2. The maximum absolute atomic E-state index is 13.2. The number of fused-ring (bicyclic) bond motifs is 1. The summed E-state index contributed by atoms with van der Waals surface area (Å²) in [6.45, 7) is 0.109. The molecule has 1 atom stereocenters. The third-order valence-electron chi connectivity index (χ3n) is 4.19. The van der Waals surface area contributed by atoms with Crippen molar-refractivity contribution in [3.05, 3.63) is 64.5 Å². The van der Waals surface area contributed by atoms with Gasteiger partial charge in [0.15, 0.2) is 21.3 Å². The first-order valence-corrected chi connectivity index (χ1v) is 9.92. The molecule has 2 aliphatic rings. The Morgan fingerprint density at radius 1 is 1.08 bits per heavy atom. The van der Waals surface area contributed by atoms with Gasteiger partial charge in [-0.3, -0.25) is 4.79 Å². The summed E-state index contributed by atoms with van der Waals surface area (Å²) < 4.78 is 34.3. The molecule has 4 rings (SSSR count). The van der Waals surface area contributed by atoms with Crippen molar-refractivity contribution in [1.82, 2.24) is 0 Å². The number of carbonyl (C=O) groups is 1.